The molecule has 1 aromatic heterocycles. The van der Waals surface area contributed by atoms with Crippen molar-refractivity contribution >= 4 is 27.7 Å². The molecule has 0 saturated carbocycles. The van der Waals surface area contributed by atoms with Crippen LogP contribution in [0.25, 0.3) is 11.4 Å². The number of rotatable bonds is 7. The molecule has 3 heterocycles. The van der Waals surface area contributed by atoms with E-state index in [1.165, 1.54) is 11.8 Å². The Morgan fingerprint density at radius 1 is 1.03 bits per heavy atom. The third-order valence-corrected chi connectivity index (χ3v) is 8.65. The molecular weight excluding hydrogens is 450 g/mol. The summed E-state index contributed by atoms with van der Waals surface area (Å²) >= 11 is 1.37. The topological polar surface area (TPSA) is 97.6 Å². The minimum atomic E-state index is -3.47. The van der Waals surface area contributed by atoms with E-state index in [0.717, 1.165) is 24.8 Å². The molecule has 0 bridgehead atoms. The number of ether oxygens (including phenoxy) is 1. The Kier molecular flexibility index (Phi) is 7.49. The van der Waals surface area contributed by atoms with Gasteiger partial charge >= 0.3 is 0 Å². The Morgan fingerprint density at radius 3 is 2.38 bits per heavy atom. The van der Waals surface area contributed by atoms with Crippen molar-refractivity contribution in [3.8, 4) is 11.4 Å². The molecule has 0 unspecified atom stereocenters. The molecular formula is C21H29N5O4S2. The van der Waals surface area contributed by atoms with Crippen molar-refractivity contribution < 1.29 is 17.9 Å². The third kappa shape index (κ3) is 5.00. The van der Waals surface area contributed by atoms with Crippen LogP contribution in [0.5, 0.6) is 0 Å². The molecule has 0 spiro atoms. The second-order valence-electron chi connectivity index (χ2n) is 7.82. The fourth-order valence-corrected chi connectivity index (χ4v) is 6.38. The smallest absolute Gasteiger partial charge is 0.243 e. The van der Waals surface area contributed by atoms with Gasteiger partial charge in [0.25, 0.3) is 0 Å². The number of thioether (sulfide) groups is 1. The average Bonchev–Trinajstić information content (AvgIpc) is 3.26. The van der Waals surface area contributed by atoms with Crippen molar-refractivity contribution in [1.82, 2.24) is 24.0 Å². The van der Waals surface area contributed by atoms with E-state index < -0.39 is 10.0 Å². The summed E-state index contributed by atoms with van der Waals surface area (Å²) in [5, 5.41) is 9.27. The van der Waals surface area contributed by atoms with Gasteiger partial charge in [-0.15, -0.1) is 10.2 Å². The van der Waals surface area contributed by atoms with Crippen LogP contribution in [0.3, 0.4) is 0 Å². The number of carbonyl (C=O) groups excluding carboxylic acids is 1. The fourth-order valence-electron chi connectivity index (χ4n) is 3.95. The maximum absolute atomic E-state index is 12.9. The first-order valence-electron chi connectivity index (χ1n) is 11.0. The Morgan fingerprint density at radius 2 is 1.72 bits per heavy atom. The quantitative estimate of drug-likeness (QED) is 0.561. The summed E-state index contributed by atoms with van der Waals surface area (Å²) in [7, 11) is -3.47. The van der Waals surface area contributed by atoms with Crippen LogP contribution in [0.1, 0.15) is 26.2 Å². The predicted octanol–water partition coefficient (Wildman–Crippen LogP) is 2.09. The van der Waals surface area contributed by atoms with E-state index in [2.05, 4.69) is 10.2 Å². The molecule has 9 nitrogen and oxygen atoms in total. The number of hydrogen-bond acceptors (Lipinski definition) is 7. The highest BCUT2D eigenvalue weighted by Gasteiger charge is 2.26. The van der Waals surface area contributed by atoms with Gasteiger partial charge in [0.15, 0.2) is 11.0 Å². The van der Waals surface area contributed by atoms with Gasteiger partial charge in [-0.2, -0.15) is 4.31 Å². The van der Waals surface area contributed by atoms with Crippen LogP contribution in [0.4, 0.5) is 0 Å². The summed E-state index contributed by atoms with van der Waals surface area (Å²) in [5.74, 6) is 1.03. The zero-order valence-electron chi connectivity index (χ0n) is 18.3. The van der Waals surface area contributed by atoms with Gasteiger partial charge in [0.2, 0.25) is 15.9 Å². The standard InChI is InChI=1S/C21H29N5O4S2/c1-2-26-20(22-23-21(26)31-16-19(27)24-12-14-30-15-13-24)17-6-8-18(9-7-17)32(28,29)25-10-4-3-5-11-25/h6-9H,2-5,10-16H2,1H3. The maximum Gasteiger partial charge on any atom is 0.243 e. The van der Waals surface area contributed by atoms with Gasteiger partial charge in [-0.1, -0.05) is 18.2 Å². The number of sulfonamides is 1. The Balaban J connectivity index is 1.46. The number of morpholine rings is 1. The third-order valence-electron chi connectivity index (χ3n) is 5.79. The molecule has 0 N–H and O–H groups in total. The van der Waals surface area contributed by atoms with Gasteiger partial charge in [-0.25, -0.2) is 8.42 Å². The van der Waals surface area contributed by atoms with Gasteiger partial charge in [-0.3, -0.25) is 4.79 Å². The number of nitrogens with zero attached hydrogens (tertiary/aromatic N) is 5. The highest BCUT2D eigenvalue weighted by molar-refractivity contribution is 7.99. The van der Waals surface area contributed by atoms with E-state index in [1.807, 2.05) is 16.4 Å². The molecule has 2 aromatic rings. The van der Waals surface area contributed by atoms with Crippen molar-refractivity contribution in [2.24, 2.45) is 0 Å². The van der Waals surface area contributed by atoms with E-state index in [4.69, 9.17) is 4.74 Å². The molecule has 32 heavy (non-hydrogen) atoms. The number of carbonyl (C=O) groups is 1. The van der Waals surface area contributed by atoms with Crippen LogP contribution in [0.2, 0.25) is 0 Å². The Bertz CT molecular complexity index is 1030. The second-order valence-corrected chi connectivity index (χ2v) is 10.7. The molecule has 2 aliphatic heterocycles. The average molecular weight is 480 g/mol. The first-order chi connectivity index (χ1) is 15.5. The summed E-state index contributed by atoms with van der Waals surface area (Å²) < 4.78 is 34.6. The zero-order valence-corrected chi connectivity index (χ0v) is 19.9. The molecule has 174 valence electrons. The monoisotopic (exact) mass is 479 g/mol. The molecule has 2 saturated heterocycles. The number of aromatic nitrogens is 3. The molecule has 2 fully saturated rings. The van der Waals surface area contributed by atoms with Gasteiger partial charge in [0, 0.05) is 38.3 Å². The predicted molar refractivity (Wildman–Crippen MR) is 122 cm³/mol. The lowest BCUT2D eigenvalue weighted by atomic mass is 10.2. The molecule has 0 atom stereocenters. The summed E-state index contributed by atoms with van der Waals surface area (Å²) in [6, 6.07) is 6.84. The van der Waals surface area contributed by atoms with Crippen molar-refractivity contribution in [2.75, 3.05) is 45.1 Å². The Labute approximate surface area is 193 Å². The van der Waals surface area contributed by atoms with Crippen LogP contribution in [0, 0.1) is 0 Å². The fraction of sp³-hybridized carbons (Fsp3) is 0.571. The minimum absolute atomic E-state index is 0.0674. The van der Waals surface area contributed by atoms with E-state index >= 15 is 0 Å². The van der Waals surface area contributed by atoms with Crippen LogP contribution >= 0.6 is 11.8 Å². The number of amides is 1. The SMILES string of the molecule is CCn1c(SCC(=O)N2CCOCC2)nnc1-c1ccc(S(=O)(=O)N2CCCCC2)cc1. The lowest BCUT2D eigenvalue weighted by Crippen LogP contribution is -2.41. The van der Waals surface area contributed by atoms with E-state index in [9.17, 15) is 13.2 Å². The molecule has 1 aromatic carbocycles. The van der Waals surface area contributed by atoms with Gasteiger partial charge in [0.1, 0.15) is 0 Å². The Hall–Kier alpha value is -1.95. The molecule has 0 radical (unpaired) electrons. The van der Waals surface area contributed by atoms with Crippen LogP contribution in [0.15, 0.2) is 34.3 Å². The lowest BCUT2D eigenvalue weighted by Gasteiger charge is -2.26. The largest absolute Gasteiger partial charge is 0.378 e. The molecule has 4 rings (SSSR count). The van der Waals surface area contributed by atoms with E-state index in [0.29, 0.717) is 67.6 Å². The summed E-state index contributed by atoms with van der Waals surface area (Å²) in [6.45, 7) is 6.20. The highest BCUT2D eigenvalue weighted by Crippen LogP contribution is 2.27. The number of benzene rings is 1. The van der Waals surface area contributed by atoms with Gasteiger partial charge in [-0.05, 0) is 44.0 Å². The first kappa shape index (κ1) is 23.2. The lowest BCUT2D eigenvalue weighted by molar-refractivity contribution is -0.132. The molecule has 11 heteroatoms. The van der Waals surface area contributed by atoms with Crippen molar-refractivity contribution in [1.29, 1.82) is 0 Å². The van der Waals surface area contributed by atoms with Crippen molar-refractivity contribution in [3.63, 3.8) is 0 Å². The van der Waals surface area contributed by atoms with Gasteiger partial charge < -0.3 is 14.2 Å². The van der Waals surface area contributed by atoms with Crippen LogP contribution in [-0.2, 0) is 26.1 Å². The molecule has 2 aliphatic rings. The van der Waals surface area contributed by atoms with Gasteiger partial charge in [0.05, 0.1) is 23.9 Å². The second kappa shape index (κ2) is 10.3. The highest BCUT2D eigenvalue weighted by atomic mass is 32.2. The van der Waals surface area contributed by atoms with Crippen molar-refractivity contribution in [3.05, 3.63) is 24.3 Å². The number of piperidine rings is 1. The van der Waals surface area contributed by atoms with E-state index in [1.54, 1.807) is 28.6 Å². The minimum Gasteiger partial charge on any atom is -0.378 e. The zero-order chi connectivity index (χ0) is 22.6. The summed E-state index contributed by atoms with van der Waals surface area (Å²) in [4.78, 5) is 14.6. The van der Waals surface area contributed by atoms with Crippen molar-refractivity contribution in [2.45, 2.75) is 42.8 Å². The summed E-state index contributed by atoms with van der Waals surface area (Å²) in [5.41, 5.74) is 0.795. The first-order valence-corrected chi connectivity index (χ1v) is 13.5. The molecule has 0 aliphatic carbocycles. The van der Waals surface area contributed by atoms with E-state index in [-0.39, 0.29) is 5.91 Å². The van der Waals surface area contributed by atoms with Crippen LogP contribution in [-0.4, -0.2) is 83.4 Å². The number of hydrogen-bond donors (Lipinski definition) is 0. The molecule has 1 amide bonds. The summed E-state index contributed by atoms with van der Waals surface area (Å²) in [6.07, 6.45) is 2.90. The maximum atomic E-state index is 12.9. The normalized spacial score (nSPS) is 18.1. The van der Waals surface area contributed by atoms with Crippen LogP contribution < -0.4 is 0 Å².